The molecule has 2 N–H and O–H groups in total. The van der Waals surface area contributed by atoms with Crippen LogP contribution in [0.1, 0.15) is 46.5 Å². The first-order valence-electron chi connectivity index (χ1n) is 9.78. The standard InChI is InChI=1S/C24H23NO5/c1-24(2)19-8-15(29-3)5-7-17(19)22(28)21-16-6-4-13(10-25)23(18(16)9-20(21)24)30-12-14(27)11-26/h4-8,14,26-27H,9,11-12H2,1-3H3/t14-/m1/s1. The third kappa shape index (κ3) is 2.90. The average molecular weight is 405 g/mol. The van der Waals surface area contributed by atoms with Gasteiger partial charge < -0.3 is 19.7 Å². The molecule has 0 heterocycles. The summed E-state index contributed by atoms with van der Waals surface area (Å²) < 4.78 is 11.1. The van der Waals surface area contributed by atoms with Gasteiger partial charge >= 0.3 is 0 Å². The maximum atomic E-state index is 13.4. The topological polar surface area (TPSA) is 99.8 Å². The molecule has 0 unspecified atom stereocenters. The number of ether oxygens (including phenoxy) is 2. The van der Waals surface area contributed by atoms with Gasteiger partial charge in [-0.3, -0.25) is 4.79 Å². The van der Waals surface area contributed by atoms with Gasteiger partial charge in [0.2, 0.25) is 0 Å². The number of hydrogen-bond acceptors (Lipinski definition) is 6. The van der Waals surface area contributed by atoms with Gasteiger partial charge in [0.05, 0.1) is 19.3 Å². The van der Waals surface area contributed by atoms with Crippen LogP contribution in [0, 0.1) is 11.3 Å². The van der Waals surface area contributed by atoms with Crippen molar-refractivity contribution in [3.63, 3.8) is 0 Å². The van der Waals surface area contributed by atoms with Crippen molar-refractivity contribution in [1.29, 1.82) is 5.26 Å². The molecule has 2 aliphatic carbocycles. The third-order valence-corrected chi connectivity index (χ3v) is 6.06. The van der Waals surface area contributed by atoms with E-state index in [1.54, 1.807) is 31.4 Å². The van der Waals surface area contributed by atoms with E-state index in [-0.39, 0.29) is 12.4 Å². The maximum Gasteiger partial charge on any atom is 0.193 e. The molecule has 0 amide bonds. The minimum Gasteiger partial charge on any atom is -0.497 e. The molecular weight excluding hydrogens is 382 g/mol. The number of Topliss-reactive ketones (excluding diaryl/α,β-unsaturated/α-hetero) is 1. The van der Waals surface area contributed by atoms with Crippen molar-refractivity contribution in [2.45, 2.75) is 31.8 Å². The van der Waals surface area contributed by atoms with E-state index >= 15 is 0 Å². The maximum absolute atomic E-state index is 13.4. The molecule has 0 saturated heterocycles. The molecule has 0 bridgehead atoms. The van der Waals surface area contributed by atoms with Crippen LogP contribution >= 0.6 is 0 Å². The normalized spacial score (nSPS) is 17.0. The zero-order valence-corrected chi connectivity index (χ0v) is 17.2. The SMILES string of the molecule is COc1ccc2c(c1)C(C)(C)C1=C(C2=O)c2ccc(C#N)c(OC[C@H](O)CO)c2C1. The number of ketones is 1. The number of fused-ring (bicyclic) bond motifs is 3. The number of aliphatic hydroxyl groups excluding tert-OH is 2. The lowest BCUT2D eigenvalue weighted by Gasteiger charge is -2.34. The van der Waals surface area contributed by atoms with Gasteiger partial charge in [-0.2, -0.15) is 5.26 Å². The molecule has 0 radical (unpaired) electrons. The van der Waals surface area contributed by atoms with Crippen molar-refractivity contribution >= 4 is 11.4 Å². The zero-order chi connectivity index (χ0) is 21.6. The number of benzene rings is 2. The summed E-state index contributed by atoms with van der Waals surface area (Å²) in [5.41, 5.74) is 4.65. The van der Waals surface area contributed by atoms with Gasteiger partial charge in [-0.1, -0.05) is 19.9 Å². The Morgan fingerprint density at radius 2 is 1.97 bits per heavy atom. The molecule has 2 aromatic rings. The Kier molecular flexibility index (Phi) is 4.89. The first-order chi connectivity index (χ1) is 14.3. The van der Waals surface area contributed by atoms with Crippen LogP contribution in [-0.4, -0.2) is 42.4 Å². The summed E-state index contributed by atoms with van der Waals surface area (Å²) in [5.74, 6) is 1.01. The van der Waals surface area contributed by atoms with Gasteiger partial charge in [-0.15, -0.1) is 0 Å². The van der Waals surface area contributed by atoms with Crippen molar-refractivity contribution in [3.8, 4) is 17.6 Å². The molecule has 4 rings (SSSR count). The lowest BCUT2D eigenvalue weighted by atomic mass is 9.68. The Hall–Kier alpha value is -3.14. The van der Waals surface area contributed by atoms with Crippen molar-refractivity contribution in [2.24, 2.45) is 0 Å². The molecule has 6 nitrogen and oxygen atoms in total. The van der Waals surface area contributed by atoms with E-state index in [0.717, 1.165) is 22.3 Å². The quantitative estimate of drug-likeness (QED) is 0.794. The summed E-state index contributed by atoms with van der Waals surface area (Å²) in [6.07, 6.45) is -0.577. The first kappa shape index (κ1) is 20.1. The Balaban J connectivity index is 1.84. The second kappa shape index (κ2) is 7.28. The monoisotopic (exact) mass is 405 g/mol. The molecule has 154 valence electrons. The van der Waals surface area contributed by atoms with Crippen molar-refractivity contribution in [1.82, 2.24) is 0 Å². The number of carbonyl (C=O) groups excluding carboxylic acids is 1. The number of methoxy groups -OCH3 is 1. The smallest absolute Gasteiger partial charge is 0.193 e. The summed E-state index contributed by atoms with van der Waals surface area (Å²) in [7, 11) is 1.60. The van der Waals surface area contributed by atoms with E-state index in [1.807, 2.05) is 6.07 Å². The number of hydrogen-bond donors (Lipinski definition) is 2. The molecule has 6 heteroatoms. The molecule has 0 spiro atoms. The molecule has 1 atom stereocenters. The molecule has 0 aliphatic heterocycles. The Morgan fingerprint density at radius 1 is 1.23 bits per heavy atom. The predicted molar refractivity (Wildman–Crippen MR) is 111 cm³/mol. The number of aliphatic hydroxyl groups is 2. The van der Waals surface area contributed by atoms with E-state index in [1.165, 1.54) is 0 Å². The molecule has 0 fully saturated rings. The fourth-order valence-electron chi connectivity index (χ4n) is 4.41. The fraction of sp³-hybridized carbons (Fsp3) is 0.333. The van der Waals surface area contributed by atoms with Crippen LogP contribution in [0.25, 0.3) is 5.57 Å². The summed E-state index contributed by atoms with van der Waals surface area (Å²) in [6, 6.07) is 11.1. The third-order valence-electron chi connectivity index (χ3n) is 6.06. The van der Waals surface area contributed by atoms with Gasteiger partial charge in [0, 0.05) is 22.1 Å². The number of rotatable bonds is 5. The van der Waals surface area contributed by atoms with Crippen LogP contribution in [0.4, 0.5) is 0 Å². The van der Waals surface area contributed by atoms with Crippen LogP contribution in [-0.2, 0) is 11.8 Å². The van der Waals surface area contributed by atoms with Gasteiger partial charge in [-0.05, 0) is 47.4 Å². The minimum atomic E-state index is -1.05. The minimum absolute atomic E-state index is 0.0493. The highest BCUT2D eigenvalue weighted by molar-refractivity contribution is 6.33. The molecule has 2 aromatic carbocycles. The Morgan fingerprint density at radius 3 is 2.63 bits per heavy atom. The zero-order valence-electron chi connectivity index (χ0n) is 17.2. The van der Waals surface area contributed by atoms with E-state index in [4.69, 9.17) is 14.6 Å². The number of allylic oxidation sites excluding steroid dienone is 2. The second-order valence-electron chi connectivity index (χ2n) is 8.12. The number of nitriles is 1. The second-order valence-corrected chi connectivity index (χ2v) is 8.12. The van der Waals surface area contributed by atoms with Gasteiger partial charge in [-0.25, -0.2) is 0 Å². The van der Waals surface area contributed by atoms with E-state index in [0.29, 0.717) is 34.6 Å². The van der Waals surface area contributed by atoms with Crippen LogP contribution in [0.15, 0.2) is 35.9 Å². The van der Waals surface area contributed by atoms with Crippen LogP contribution < -0.4 is 9.47 Å². The highest BCUT2D eigenvalue weighted by Crippen LogP contribution is 2.52. The largest absolute Gasteiger partial charge is 0.497 e. The predicted octanol–water partition coefficient (Wildman–Crippen LogP) is 2.78. The van der Waals surface area contributed by atoms with Crippen LogP contribution in [0.2, 0.25) is 0 Å². The van der Waals surface area contributed by atoms with E-state index in [2.05, 4.69) is 19.9 Å². The lowest BCUT2D eigenvalue weighted by Crippen LogP contribution is -2.29. The van der Waals surface area contributed by atoms with Crippen LogP contribution in [0.3, 0.4) is 0 Å². The van der Waals surface area contributed by atoms with E-state index < -0.39 is 18.1 Å². The summed E-state index contributed by atoms with van der Waals surface area (Å²) in [5, 5.41) is 28.3. The molecule has 0 aromatic heterocycles. The Labute approximate surface area is 175 Å². The number of nitrogens with zero attached hydrogens (tertiary/aromatic N) is 1. The molecule has 2 aliphatic rings. The van der Waals surface area contributed by atoms with E-state index in [9.17, 15) is 15.2 Å². The molecule has 30 heavy (non-hydrogen) atoms. The molecule has 0 saturated carbocycles. The van der Waals surface area contributed by atoms with Crippen molar-refractivity contribution in [2.75, 3.05) is 20.3 Å². The summed E-state index contributed by atoms with van der Waals surface area (Å²) in [6.45, 7) is 3.59. The van der Waals surface area contributed by atoms with Crippen molar-refractivity contribution in [3.05, 3.63) is 63.7 Å². The highest BCUT2D eigenvalue weighted by atomic mass is 16.5. The summed E-state index contributed by atoms with van der Waals surface area (Å²) >= 11 is 0. The lowest BCUT2D eigenvalue weighted by molar-refractivity contribution is 0.0532. The van der Waals surface area contributed by atoms with Crippen molar-refractivity contribution < 1.29 is 24.5 Å². The number of carbonyl (C=O) groups is 1. The van der Waals surface area contributed by atoms with Gasteiger partial charge in [0.15, 0.2) is 5.78 Å². The fourth-order valence-corrected chi connectivity index (χ4v) is 4.41. The molecular formula is C24H23NO5. The van der Waals surface area contributed by atoms with Gasteiger partial charge in [0.1, 0.15) is 30.3 Å². The summed E-state index contributed by atoms with van der Waals surface area (Å²) in [4.78, 5) is 13.4. The Bertz CT molecular complexity index is 1120. The first-order valence-corrected chi connectivity index (χ1v) is 9.78. The average Bonchev–Trinajstić information content (AvgIpc) is 3.16. The highest BCUT2D eigenvalue weighted by Gasteiger charge is 2.44. The van der Waals surface area contributed by atoms with Gasteiger partial charge in [0.25, 0.3) is 0 Å². The van der Waals surface area contributed by atoms with Crippen LogP contribution in [0.5, 0.6) is 11.5 Å².